The summed E-state index contributed by atoms with van der Waals surface area (Å²) in [4.78, 5) is 12.8. The fourth-order valence-electron chi connectivity index (χ4n) is 2.95. The average Bonchev–Trinajstić information content (AvgIpc) is 3.21. The third-order valence-corrected chi connectivity index (χ3v) is 4.61. The predicted octanol–water partition coefficient (Wildman–Crippen LogP) is 2.76. The molecular weight excluding hydrogens is 352 g/mol. The smallest absolute Gasteiger partial charge is 0.218 e. The van der Waals surface area contributed by atoms with Crippen LogP contribution in [0.15, 0.2) is 65.6 Å². The molecule has 2 aromatic rings. The summed E-state index contributed by atoms with van der Waals surface area (Å²) in [7, 11) is 3.49. The van der Waals surface area contributed by atoms with E-state index in [2.05, 4.69) is 21.1 Å². The van der Waals surface area contributed by atoms with E-state index in [0.717, 1.165) is 35.5 Å². The molecule has 0 amide bonds. The summed E-state index contributed by atoms with van der Waals surface area (Å²) in [5, 5.41) is 8.38. The number of hydrogen-bond acceptors (Lipinski definition) is 5. The van der Waals surface area contributed by atoms with Gasteiger partial charge in [-0.1, -0.05) is 12.1 Å². The molecule has 28 heavy (non-hydrogen) atoms. The molecule has 0 spiro atoms. The van der Waals surface area contributed by atoms with Gasteiger partial charge in [-0.2, -0.15) is 0 Å². The number of hydrogen-bond donors (Lipinski definition) is 2. The maximum atomic E-state index is 8.38. The summed E-state index contributed by atoms with van der Waals surface area (Å²) >= 11 is 0. The van der Waals surface area contributed by atoms with Crippen molar-refractivity contribution in [1.29, 1.82) is 5.41 Å². The second kappa shape index (κ2) is 9.14. The van der Waals surface area contributed by atoms with Crippen molar-refractivity contribution in [3.8, 4) is 0 Å². The number of rotatable bonds is 6. The van der Waals surface area contributed by atoms with Gasteiger partial charge in [0.2, 0.25) is 5.96 Å². The Kier molecular flexibility index (Phi) is 6.39. The minimum Gasteiger partial charge on any atom is -0.399 e. The molecule has 1 aliphatic heterocycles. The number of nitrogen functional groups attached to an aromatic ring is 1. The molecule has 0 unspecified atom stereocenters. The summed E-state index contributed by atoms with van der Waals surface area (Å²) in [6, 6.07) is 11.6. The van der Waals surface area contributed by atoms with Crippen LogP contribution in [0.2, 0.25) is 0 Å². The molecule has 146 valence electrons. The Hall–Kier alpha value is -3.19. The number of aromatic nitrogens is 1. The van der Waals surface area contributed by atoms with E-state index in [0.29, 0.717) is 18.8 Å². The zero-order valence-electron chi connectivity index (χ0n) is 16.3. The van der Waals surface area contributed by atoms with Crippen molar-refractivity contribution in [2.45, 2.75) is 6.42 Å². The number of nitrogens with zero attached hydrogens (tertiary/aromatic N) is 4. The first-order valence-electron chi connectivity index (χ1n) is 9.19. The van der Waals surface area contributed by atoms with Crippen molar-refractivity contribution in [3.05, 3.63) is 66.1 Å². The van der Waals surface area contributed by atoms with Gasteiger partial charge in [-0.15, -0.1) is 0 Å². The maximum Gasteiger partial charge on any atom is 0.218 e. The van der Waals surface area contributed by atoms with E-state index in [4.69, 9.17) is 15.9 Å². The minimum atomic E-state index is 0.199. The molecule has 0 bridgehead atoms. The van der Waals surface area contributed by atoms with E-state index in [1.165, 1.54) is 0 Å². The Bertz CT molecular complexity index is 860. The number of nitrogens with one attached hydrogen (secondary N) is 1. The van der Waals surface area contributed by atoms with Gasteiger partial charge in [-0.3, -0.25) is 10.4 Å². The van der Waals surface area contributed by atoms with Crippen LogP contribution in [0.5, 0.6) is 0 Å². The second-order valence-corrected chi connectivity index (χ2v) is 6.63. The molecule has 3 rings (SSSR count). The van der Waals surface area contributed by atoms with Crippen LogP contribution in [-0.4, -0.2) is 55.4 Å². The lowest BCUT2D eigenvalue weighted by Crippen LogP contribution is -2.29. The highest BCUT2D eigenvalue weighted by atomic mass is 16.5. The molecule has 1 aromatic heterocycles. The molecule has 3 N–H and O–H groups in total. The van der Waals surface area contributed by atoms with Crippen molar-refractivity contribution < 1.29 is 4.74 Å². The third kappa shape index (κ3) is 4.75. The predicted molar refractivity (Wildman–Crippen MR) is 114 cm³/mol. The van der Waals surface area contributed by atoms with Gasteiger partial charge in [0.15, 0.2) is 0 Å². The molecule has 1 aromatic carbocycles. The fourth-order valence-corrected chi connectivity index (χ4v) is 2.95. The van der Waals surface area contributed by atoms with Gasteiger partial charge >= 0.3 is 0 Å². The van der Waals surface area contributed by atoms with Gasteiger partial charge in [0.1, 0.15) is 0 Å². The lowest BCUT2D eigenvalue weighted by molar-refractivity contribution is 0.182. The van der Waals surface area contributed by atoms with E-state index in [1.807, 2.05) is 49.6 Å². The Morgan fingerprint density at radius 3 is 2.79 bits per heavy atom. The van der Waals surface area contributed by atoms with Gasteiger partial charge in [-0.25, -0.2) is 4.99 Å². The van der Waals surface area contributed by atoms with Crippen molar-refractivity contribution in [1.82, 2.24) is 9.88 Å². The number of nitrogens with two attached hydrogens (primary N) is 1. The van der Waals surface area contributed by atoms with Gasteiger partial charge in [0, 0.05) is 50.9 Å². The van der Waals surface area contributed by atoms with Crippen LogP contribution in [0.4, 0.5) is 11.4 Å². The highest BCUT2D eigenvalue weighted by Crippen LogP contribution is 2.25. The highest BCUT2D eigenvalue weighted by Gasteiger charge is 2.20. The van der Waals surface area contributed by atoms with E-state index < -0.39 is 0 Å². The first-order chi connectivity index (χ1) is 13.6. The number of anilines is 2. The highest BCUT2D eigenvalue weighted by molar-refractivity contribution is 6.17. The first-order valence-corrected chi connectivity index (χ1v) is 9.19. The number of benzene rings is 1. The third-order valence-electron chi connectivity index (χ3n) is 4.61. The van der Waals surface area contributed by atoms with Gasteiger partial charge in [0.05, 0.1) is 24.2 Å². The summed E-state index contributed by atoms with van der Waals surface area (Å²) in [6.45, 7) is 2.00. The molecule has 1 aliphatic rings. The maximum absolute atomic E-state index is 8.38. The van der Waals surface area contributed by atoms with Crippen LogP contribution in [0.1, 0.15) is 12.0 Å². The van der Waals surface area contributed by atoms with E-state index in [1.54, 1.807) is 18.2 Å². The van der Waals surface area contributed by atoms with E-state index >= 15 is 0 Å². The SMILES string of the molecule is COCCN(C)C(=N)/N=C(\C1=CN(c2cccnc2)CC1)c1ccc(N)cc1. The van der Waals surface area contributed by atoms with Crippen LogP contribution >= 0.6 is 0 Å². The summed E-state index contributed by atoms with van der Waals surface area (Å²) in [5.74, 6) is 0.199. The average molecular weight is 378 g/mol. The zero-order valence-corrected chi connectivity index (χ0v) is 16.3. The molecule has 7 nitrogen and oxygen atoms in total. The number of aliphatic imine (C=N–C) groups is 1. The zero-order chi connectivity index (χ0) is 19.9. The monoisotopic (exact) mass is 378 g/mol. The molecule has 0 saturated carbocycles. The number of likely N-dealkylation sites (N-methyl/N-ethyl adjacent to an activating group) is 1. The minimum absolute atomic E-state index is 0.199. The first kappa shape index (κ1) is 19.6. The fraction of sp³-hybridized carbons (Fsp3) is 0.286. The largest absolute Gasteiger partial charge is 0.399 e. The topological polar surface area (TPSA) is 90.8 Å². The van der Waals surface area contributed by atoms with E-state index in [9.17, 15) is 0 Å². The molecule has 0 aliphatic carbocycles. The standard InChI is InChI=1S/C21H26N6O/c1-26(12-13-28-2)21(23)25-20(16-5-7-18(22)8-6-16)17-9-11-27(15-17)19-4-3-10-24-14-19/h3-8,10,14-15,23H,9,11-13,22H2,1-2H3/b23-21?,25-20-. The number of guanidine groups is 1. The Morgan fingerprint density at radius 1 is 1.32 bits per heavy atom. The van der Waals surface area contributed by atoms with Crippen molar-refractivity contribution in [2.24, 2.45) is 4.99 Å². The molecule has 0 radical (unpaired) electrons. The summed E-state index contributed by atoms with van der Waals surface area (Å²) in [5.41, 5.74) is 10.4. The van der Waals surface area contributed by atoms with Crippen LogP contribution in [0.25, 0.3) is 0 Å². The van der Waals surface area contributed by atoms with Crippen LogP contribution < -0.4 is 10.6 Å². The van der Waals surface area contributed by atoms with Gasteiger partial charge < -0.3 is 20.3 Å². The summed E-state index contributed by atoms with van der Waals surface area (Å²) < 4.78 is 5.10. The molecule has 0 fully saturated rings. The molecule has 7 heteroatoms. The van der Waals surface area contributed by atoms with Crippen molar-refractivity contribution >= 4 is 23.0 Å². The second-order valence-electron chi connectivity index (χ2n) is 6.63. The molecule has 2 heterocycles. The number of ether oxygens (including phenoxy) is 1. The molecule has 0 atom stereocenters. The Balaban J connectivity index is 1.91. The van der Waals surface area contributed by atoms with E-state index in [-0.39, 0.29) is 5.96 Å². The van der Waals surface area contributed by atoms with Crippen LogP contribution in [-0.2, 0) is 4.74 Å². The van der Waals surface area contributed by atoms with Gasteiger partial charge in [-0.05, 0) is 36.3 Å². The number of methoxy groups -OCH3 is 1. The number of pyridine rings is 1. The normalized spacial score (nSPS) is 14.1. The quantitative estimate of drug-likeness (QED) is 0.458. The van der Waals surface area contributed by atoms with Crippen molar-refractivity contribution in [3.63, 3.8) is 0 Å². The Labute approximate surface area is 165 Å². The van der Waals surface area contributed by atoms with Crippen LogP contribution in [0, 0.1) is 5.41 Å². The van der Waals surface area contributed by atoms with Gasteiger partial charge in [0.25, 0.3) is 0 Å². The Morgan fingerprint density at radius 2 is 2.11 bits per heavy atom. The van der Waals surface area contributed by atoms with Crippen LogP contribution in [0.3, 0.4) is 0 Å². The van der Waals surface area contributed by atoms with Crippen molar-refractivity contribution in [2.75, 3.05) is 44.5 Å². The lowest BCUT2D eigenvalue weighted by Gasteiger charge is -2.17. The lowest BCUT2D eigenvalue weighted by atomic mass is 10.0. The molecule has 0 saturated heterocycles. The molecular formula is C21H26N6O. The summed E-state index contributed by atoms with van der Waals surface area (Å²) in [6.07, 6.45) is 6.55.